The number of ether oxygens (including phenoxy) is 1. The van der Waals surface area contributed by atoms with E-state index in [1.165, 1.54) is 24.5 Å². The van der Waals surface area contributed by atoms with Gasteiger partial charge in [0.25, 0.3) is 5.91 Å². The molecule has 0 aliphatic carbocycles. The molecule has 0 aliphatic rings. The van der Waals surface area contributed by atoms with Crippen LogP contribution in [0.15, 0.2) is 36.7 Å². The van der Waals surface area contributed by atoms with Crippen molar-refractivity contribution in [1.82, 2.24) is 15.3 Å². The molecule has 0 bridgehead atoms. The van der Waals surface area contributed by atoms with E-state index in [1.54, 1.807) is 12.1 Å². The monoisotopic (exact) mass is 289 g/mol. The van der Waals surface area contributed by atoms with E-state index >= 15 is 0 Å². The summed E-state index contributed by atoms with van der Waals surface area (Å²) in [6.45, 7) is 2.76. The van der Waals surface area contributed by atoms with Crippen LogP contribution in [0.3, 0.4) is 0 Å². The van der Waals surface area contributed by atoms with Crippen LogP contribution in [0.2, 0.25) is 0 Å². The van der Waals surface area contributed by atoms with Crippen LogP contribution >= 0.6 is 0 Å². The van der Waals surface area contributed by atoms with Crippen molar-refractivity contribution >= 4 is 5.91 Å². The van der Waals surface area contributed by atoms with Crippen LogP contribution in [-0.4, -0.2) is 29.0 Å². The third kappa shape index (κ3) is 4.52. The average molecular weight is 289 g/mol. The van der Waals surface area contributed by atoms with Gasteiger partial charge in [-0.2, -0.15) is 0 Å². The first-order chi connectivity index (χ1) is 10.2. The summed E-state index contributed by atoms with van der Waals surface area (Å²) in [4.78, 5) is 19.7. The molecule has 1 heterocycles. The van der Waals surface area contributed by atoms with Gasteiger partial charge in [0.2, 0.25) is 5.88 Å². The van der Waals surface area contributed by atoms with E-state index < -0.39 is 0 Å². The van der Waals surface area contributed by atoms with Gasteiger partial charge in [-0.1, -0.05) is 12.1 Å². The Balaban J connectivity index is 1.86. The number of halogens is 1. The molecule has 21 heavy (non-hydrogen) atoms. The molecule has 1 aromatic carbocycles. The number of rotatable bonds is 6. The van der Waals surface area contributed by atoms with E-state index in [2.05, 4.69) is 15.3 Å². The van der Waals surface area contributed by atoms with Crippen molar-refractivity contribution in [2.45, 2.75) is 13.3 Å². The topological polar surface area (TPSA) is 64.1 Å². The summed E-state index contributed by atoms with van der Waals surface area (Å²) >= 11 is 0. The minimum absolute atomic E-state index is 0.257. The predicted octanol–water partition coefficient (Wildman–Crippen LogP) is 1.99. The van der Waals surface area contributed by atoms with E-state index in [0.717, 1.165) is 5.56 Å². The summed E-state index contributed by atoms with van der Waals surface area (Å²) in [6.07, 6.45) is 1.91. The molecule has 0 fully saturated rings. The molecule has 0 saturated heterocycles. The van der Waals surface area contributed by atoms with Gasteiger partial charge in [-0.25, -0.2) is 14.4 Å². The van der Waals surface area contributed by atoms with E-state index in [9.17, 15) is 9.18 Å². The zero-order valence-electron chi connectivity index (χ0n) is 11.7. The van der Waals surface area contributed by atoms with Crippen molar-refractivity contribution in [1.29, 1.82) is 0 Å². The maximum atomic E-state index is 12.8. The van der Waals surface area contributed by atoms with Gasteiger partial charge in [0.05, 0.1) is 6.61 Å². The Hall–Kier alpha value is -2.50. The van der Waals surface area contributed by atoms with Crippen LogP contribution in [0.4, 0.5) is 4.39 Å². The lowest BCUT2D eigenvalue weighted by atomic mass is 10.1. The van der Waals surface area contributed by atoms with Crippen LogP contribution < -0.4 is 10.1 Å². The van der Waals surface area contributed by atoms with Crippen molar-refractivity contribution < 1.29 is 13.9 Å². The summed E-state index contributed by atoms with van der Waals surface area (Å²) in [6, 6.07) is 7.68. The number of nitrogens with one attached hydrogen (secondary N) is 1. The first-order valence-electron chi connectivity index (χ1n) is 6.66. The Bertz CT molecular complexity index is 602. The number of hydrogen-bond donors (Lipinski definition) is 1. The fourth-order valence-corrected chi connectivity index (χ4v) is 1.75. The number of hydrogen-bond acceptors (Lipinski definition) is 4. The fraction of sp³-hybridized carbons (Fsp3) is 0.267. The molecule has 0 aliphatic heterocycles. The van der Waals surface area contributed by atoms with Gasteiger partial charge >= 0.3 is 0 Å². The highest BCUT2D eigenvalue weighted by Gasteiger charge is 2.08. The van der Waals surface area contributed by atoms with Crippen molar-refractivity contribution in [2.75, 3.05) is 13.2 Å². The average Bonchev–Trinajstić information content (AvgIpc) is 2.50. The second-order valence-electron chi connectivity index (χ2n) is 4.31. The molecule has 1 N–H and O–H groups in total. The standard InChI is InChI=1S/C15H16FN3O2/c1-2-21-14-9-13(18-10-19-14)15(20)17-8-7-11-3-5-12(16)6-4-11/h3-6,9-10H,2,7-8H2,1H3,(H,17,20). The quantitative estimate of drug-likeness (QED) is 0.883. The summed E-state index contributed by atoms with van der Waals surface area (Å²) < 4.78 is 18.0. The summed E-state index contributed by atoms with van der Waals surface area (Å²) in [5.74, 6) is -0.191. The van der Waals surface area contributed by atoms with Crippen molar-refractivity contribution in [3.05, 3.63) is 53.7 Å². The maximum absolute atomic E-state index is 12.8. The van der Waals surface area contributed by atoms with Gasteiger partial charge in [-0.05, 0) is 31.0 Å². The molecule has 0 spiro atoms. The minimum atomic E-state index is -0.291. The van der Waals surface area contributed by atoms with Crippen molar-refractivity contribution in [3.63, 3.8) is 0 Å². The molecule has 6 heteroatoms. The first kappa shape index (κ1) is 14.9. The third-order valence-corrected chi connectivity index (χ3v) is 2.78. The zero-order chi connectivity index (χ0) is 15.1. The molecule has 1 amide bonds. The Labute approximate surface area is 122 Å². The number of amides is 1. The molecule has 0 saturated carbocycles. The molecule has 110 valence electrons. The van der Waals surface area contributed by atoms with Crippen LogP contribution in [0, 0.1) is 5.82 Å². The molecule has 0 radical (unpaired) electrons. The zero-order valence-corrected chi connectivity index (χ0v) is 11.7. The Morgan fingerprint density at radius 3 is 2.76 bits per heavy atom. The Morgan fingerprint density at radius 2 is 2.05 bits per heavy atom. The Kier molecular flexibility index (Phi) is 5.20. The fourth-order valence-electron chi connectivity index (χ4n) is 1.75. The first-order valence-corrected chi connectivity index (χ1v) is 6.66. The van der Waals surface area contributed by atoms with Gasteiger partial charge in [-0.3, -0.25) is 4.79 Å². The highest BCUT2D eigenvalue weighted by atomic mass is 19.1. The van der Waals surface area contributed by atoms with Crippen LogP contribution in [-0.2, 0) is 6.42 Å². The molecule has 1 aromatic heterocycles. The van der Waals surface area contributed by atoms with Crippen LogP contribution in [0.5, 0.6) is 5.88 Å². The number of aromatic nitrogens is 2. The largest absolute Gasteiger partial charge is 0.478 e. The lowest BCUT2D eigenvalue weighted by molar-refractivity contribution is 0.0948. The van der Waals surface area contributed by atoms with Gasteiger partial charge in [0, 0.05) is 12.6 Å². The molecule has 0 unspecified atom stereocenters. The second-order valence-corrected chi connectivity index (χ2v) is 4.31. The normalized spacial score (nSPS) is 10.2. The molecule has 5 nitrogen and oxygen atoms in total. The van der Waals surface area contributed by atoms with Gasteiger partial charge in [0.1, 0.15) is 17.8 Å². The lowest BCUT2D eigenvalue weighted by Gasteiger charge is -2.06. The maximum Gasteiger partial charge on any atom is 0.270 e. The lowest BCUT2D eigenvalue weighted by Crippen LogP contribution is -2.26. The van der Waals surface area contributed by atoms with Crippen LogP contribution in [0.1, 0.15) is 23.0 Å². The van der Waals surface area contributed by atoms with Gasteiger partial charge < -0.3 is 10.1 Å². The minimum Gasteiger partial charge on any atom is -0.478 e. The highest BCUT2D eigenvalue weighted by Crippen LogP contribution is 2.07. The Morgan fingerprint density at radius 1 is 1.29 bits per heavy atom. The summed E-state index contributed by atoms with van der Waals surface area (Å²) in [5.41, 5.74) is 1.21. The van der Waals surface area contributed by atoms with Crippen molar-refractivity contribution in [3.8, 4) is 5.88 Å². The third-order valence-electron chi connectivity index (χ3n) is 2.78. The molecular weight excluding hydrogens is 273 g/mol. The van der Waals surface area contributed by atoms with E-state index in [0.29, 0.717) is 25.5 Å². The summed E-state index contributed by atoms with van der Waals surface area (Å²) in [7, 11) is 0. The van der Waals surface area contributed by atoms with E-state index in [4.69, 9.17) is 4.74 Å². The summed E-state index contributed by atoms with van der Waals surface area (Å²) in [5, 5.41) is 2.75. The predicted molar refractivity (Wildman–Crippen MR) is 75.6 cm³/mol. The van der Waals surface area contributed by atoms with Crippen molar-refractivity contribution in [2.24, 2.45) is 0 Å². The number of benzene rings is 1. The number of nitrogens with zero attached hydrogens (tertiary/aromatic N) is 2. The number of carbonyl (C=O) groups is 1. The molecule has 2 aromatic rings. The SMILES string of the molecule is CCOc1cc(C(=O)NCCc2ccc(F)cc2)ncn1. The van der Waals surface area contributed by atoms with Gasteiger partial charge in [0.15, 0.2) is 0 Å². The van der Waals surface area contributed by atoms with Gasteiger partial charge in [-0.15, -0.1) is 0 Å². The second kappa shape index (κ2) is 7.33. The highest BCUT2D eigenvalue weighted by molar-refractivity contribution is 5.92. The van der Waals surface area contributed by atoms with E-state index in [-0.39, 0.29) is 17.4 Å². The van der Waals surface area contributed by atoms with Crippen LogP contribution in [0.25, 0.3) is 0 Å². The van der Waals surface area contributed by atoms with E-state index in [1.807, 2.05) is 6.92 Å². The molecular formula is C15H16FN3O2. The molecule has 2 rings (SSSR count). The molecule has 0 atom stereocenters. The smallest absolute Gasteiger partial charge is 0.270 e. The number of carbonyl (C=O) groups excluding carboxylic acids is 1.